The van der Waals surface area contributed by atoms with Crippen LogP contribution in [0.3, 0.4) is 0 Å². The van der Waals surface area contributed by atoms with Gasteiger partial charge in [0.05, 0.1) is 12.7 Å². The minimum absolute atomic E-state index is 0.315. The lowest BCUT2D eigenvalue weighted by Crippen LogP contribution is -2.04. The van der Waals surface area contributed by atoms with Gasteiger partial charge in [-0.3, -0.25) is 0 Å². The number of hydrogen-bond acceptors (Lipinski definition) is 1. The lowest BCUT2D eigenvalue weighted by molar-refractivity contribution is 0.0988. The Hall–Kier alpha value is -0.560. The summed E-state index contributed by atoms with van der Waals surface area (Å²) in [6, 6.07) is 0. The molecule has 0 heterocycles. The van der Waals surface area contributed by atoms with Crippen LogP contribution in [0.25, 0.3) is 0 Å². The molecule has 0 aliphatic heterocycles. The molecule has 0 aromatic heterocycles. The van der Waals surface area contributed by atoms with Gasteiger partial charge in [-0.1, -0.05) is 18.2 Å². The van der Waals surface area contributed by atoms with Crippen molar-refractivity contribution in [1.82, 2.24) is 0 Å². The second-order valence-electron chi connectivity index (χ2n) is 2.72. The molecule has 0 unspecified atom stereocenters. The van der Waals surface area contributed by atoms with Gasteiger partial charge < -0.3 is 4.74 Å². The van der Waals surface area contributed by atoms with Crippen LogP contribution in [-0.4, -0.2) is 12.7 Å². The second kappa shape index (κ2) is 6.17. The van der Waals surface area contributed by atoms with E-state index in [-0.39, 0.29) is 0 Å². The first-order chi connectivity index (χ1) is 5.20. The molecule has 64 valence electrons. The molecule has 1 nitrogen and oxygen atoms in total. The van der Waals surface area contributed by atoms with Crippen molar-refractivity contribution in [3.05, 3.63) is 23.8 Å². The van der Waals surface area contributed by atoms with Crippen molar-refractivity contribution in [3.8, 4) is 0 Å². The van der Waals surface area contributed by atoms with E-state index in [4.69, 9.17) is 4.74 Å². The van der Waals surface area contributed by atoms with Crippen LogP contribution in [0.1, 0.15) is 27.7 Å². The van der Waals surface area contributed by atoms with Crippen molar-refractivity contribution >= 4 is 0 Å². The number of ether oxygens (including phenoxy) is 1. The van der Waals surface area contributed by atoms with Gasteiger partial charge in [0, 0.05) is 0 Å². The van der Waals surface area contributed by atoms with E-state index in [1.807, 2.05) is 33.8 Å². The van der Waals surface area contributed by atoms with Crippen LogP contribution in [-0.2, 0) is 4.74 Å². The molecule has 0 atom stereocenters. The smallest absolute Gasteiger partial charge is 0.0717 e. The second-order valence-corrected chi connectivity index (χ2v) is 2.72. The molecule has 0 radical (unpaired) electrons. The third-order valence-corrected chi connectivity index (χ3v) is 1.33. The Labute approximate surface area is 69.8 Å². The van der Waals surface area contributed by atoms with E-state index >= 15 is 0 Å². The van der Waals surface area contributed by atoms with Crippen molar-refractivity contribution < 1.29 is 4.74 Å². The van der Waals surface area contributed by atoms with E-state index in [0.29, 0.717) is 6.10 Å². The van der Waals surface area contributed by atoms with Crippen LogP contribution < -0.4 is 0 Å². The summed E-state index contributed by atoms with van der Waals surface area (Å²) in [6.07, 6.45) is 6.49. The zero-order valence-corrected chi connectivity index (χ0v) is 7.92. The zero-order valence-electron chi connectivity index (χ0n) is 7.92. The molecule has 0 saturated carbocycles. The fourth-order valence-electron chi connectivity index (χ4n) is 0.705. The van der Waals surface area contributed by atoms with E-state index in [9.17, 15) is 0 Å². The molecular formula is C10H18O. The summed E-state index contributed by atoms with van der Waals surface area (Å²) in [5.41, 5.74) is 1.24. The monoisotopic (exact) mass is 154 g/mol. The Bertz CT molecular complexity index is 143. The van der Waals surface area contributed by atoms with Gasteiger partial charge in [-0.15, -0.1) is 0 Å². The van der Waals surface area contributed by atoms with Gasteiger partial charge in [0.1, 0.15) is 0 Å². The predicted molar refractivity (Wildman–Crippen MR) is 49.7 cm³/mol. The summed E-state index contributed by atoms with van der Waals surface area (Å²) in [5.74, 6) is 0. The van der Waals surface area contributed by atoms with Gasteiger partial charge in [-0.05, 0) is 33.3 Å². The van der Waals surface area contributed by atoms with Gasteiger partial charge in [0.15, 0.2) is 0 Å². The molecule has 0 aromatic carbocycles. The molecule has 0 amide bonds. The molecular weight excluding hydrogens is 136 g/mol. The average Bonchev–Trinajstić information content (AvgIpc) is 1.97. The summed E-state index contributed by atoms with van der Waals surface area (Å²) in [4.78, 5) is 0. The average molecular weight is 154 g/mol. The van der Waals surface area contributed by atoms with Gasteiger partial charge >= 0.3 is 0 Å². The normalized spacial score (nSPS) is 13.4. The first-order valence-electron chi connectivity index (χ1n) is 4.10. The first-order valence-corrected chi connectivity index (χ1v) is 4.10. The molecule has 0 rings (SSSR count). The van der Waals surface area contributed by atoms with Crippen molar-refractivity contribution in [2.45, 2.75) is 33.8 Å². The van der Waals surface area contributed by atoms with Gasteiger partial charge in [-0.2, -0.15) is 0 Å². The van der Waals surface area contributed by atoms with Crippen molar-refractivity contribution in [3.63, 3.8) is 0 Å². The highest BCUT2D eigenvalue weighted by Crippen LogP contribution is 1.99. The molecule has 0 bridgehead atoms. The van der Waals surface area contributed by atoms with E-state index < -0.39 is 0 Å². The van der Waals surface area contributed by atoms with Crippen LogP contribution in [0, 0.1) is 0 Å². The van der Waals surface area contributed by atoms with Crippen LogP contribution in [0.2, 0.25) is 0 Å². The highest BCUT2D eigenvalue weighted by atomic mass is 16.5. The lowest BCUT2D eigenvalue weighted by atomic mass is 10.2. The highest BCUT2D eigenvalue weighted by Gasteiger charge is 1.93. The van der Waals surface area contributed by atoms with Crippen LogP contribution >= 0.6 is 0 Å². The van der Waals surface area contributed by atoms with E-state index in [0.717, 1.165) is 6.61 Å². The Kier molecular flexibility index (Phi) is 5.86. The minimum atomic E-state index is 0.315. The fourth-order valence-corrected chi connectivity index (χ4v) is 0.705. The molecule has 0 aliphatic carbocycles. The SMILES string of the molecule is C/C=C\C(=C/C)COC(C)C. The van der Waals surface area contributed by atoms with Gasteiger partial charge in [0.25, 0.3) is 0 Å². The largest absolute Gasteiger partial charge is 0.374 e. The first kappa shape index (κ1) is 10.4. The molecule has 1 heteroatoms. The van der Waals surface area contributed by atoms with Gasteiger partial charge in [0.2, 0.25) is 0 Å². The topological polar surface area (TPSA) is 9.23 Å². The molecule has 0 aromatic rings. The zero-order chi connectivity index (χ0) is 8.69. The van der Waals surface area contributed by atoms with Crippen LogP contribution in [0.4, 0.5) is 0 Å². The summed E-state index contributed by atoms with van der Waals surface area (Å²) in [6.45, 7) is 8.85. The molecule has 0 fully saturated rings. The Morgan fingerprint density at radius 2 is 2.00 bits per heavy atom. The summed E-state index contributed by atoms with van der Waals surface area (Å²) in [7, 11) is 0. The van der Waals surface area contributed by atoms with Crippen LogP contribution in [0.15, 0.2) is 23.8 Å². The Morgan fingerprint density at radius 1 is 1.36 bits per heavy atom. The minimum Gasteiger partial charge on any atom is -0.374 e. The maximum Gasteiger partial charge on any atom is 0.0717 e. The summed E-state index contributed by atoms with van der Waals surface area (Å²) >= 11 is 0. The quantitative estimate of drug-likeness (QED) is 0.566. The predicted octanol–water partition coefficient (Wildman–Crippen LogP) is 2.93. The highest BCUT2D eigenvalue weighted by molar-refractivity contribution is 5.17. The van der Waals surface area contributed by atoms with Crippen molar-refractivity contribution in [1.29, 1.82) is 0 Å². The lowest BCUT2D eigenvalue weighted by Gasteiger charge is -2.07. The maximum atomic E-state index is 5.43. The molecule has 0 aliphatic rings. The molecule has 11 heavy (non-hydrogen) atoms. The van der Waals surface area contributed by atoms with Crippen molar-refractivity contribution in [2.24, 2.45) is 0 Å². The standard InChI is InChI=1S/C10H18O/c1-5-7-10(6-2)8-11-9(3)4/h5-7,9H,8H2,1-4H3/b7-5-,10-6+. The van der Waals surface area contributed by atoms with Gasteiger partial charge in [-0.25, -0.2) is 0 Å². The fraction of sp³-hybridized carbons (Fsp3) is 0.600. The Balaban J connectivity index is 3.72. The molecule has 0 spiro atoms. The molecule has 0 saturated heterocycles. The summed E-state index contributed by atoms with van der Waals surface area (Å²) < 4.78 is 5.43. The van der Waals surface area contributed by atoms with Crippen molar-refractivity contribution in [2.75, 3.05) is 6.61 Å². The van der Waals surface area contributed by atoms with E-state index in [1.165, 1.54) is 5.57 Å². The summed E-state index contributed by atoms with van der Waals surface area (Å²) in [5, 5.41) is 0. The number of hydrogen-bond donors (Lipinski definition) is 0. The third kappa shape index (κ3) is 5.86. The maximum absolute atomic E-state index is 5.43. The van der Waals surface area contributed by atoms with E-state index in [1.54, 1.807) is 0 Å². The Morgan fingerprint density at radius 3 is 2.36 bits per heavy atom. The van der Waals surface area contributed by atoms with Crippen LogP contribution in [0.5, 0.6) is 0 Å². The number of rotatable bonds is 4. The number of allylic oxidation sites excluding steroid dienone is 2. The van der Waals surface area contributed by atoms with E-state index in [2.05, 4.69) is 12.2 Å². The molecule has 0 N–H and O–H groups in total. The third-order valence-electron chi connectivity index (χ3n) is 1.33.